The van der Waals surface area contributed by atoms with Crippen LogP contribution >= 0.6 is 0 Å². The summed E-state index contributed by atoms with van der Waals surface area (Å²) in [7, 11) is 0. The van der Waals surface area contributed by atoms with Crippen LogP contribution in [-0.2, 0) is 9.53 Å². The highest BCUT2D eigenvalue weighted by Crippen LogP contribution is 2.19. The van der Waals surface area contributed by atoms with E-state index in [0.29, 0.717) is 25.5 Å². The maximum absolute atomic E-state index is 12.1. The molecule has 2 aliphatic heterocycles. The first kappa shape index (κ1) is 19.1. The predicted octanol–water partition coefficient (Wildman–Crippen LogP) is 1.54. The molecular weight excluding hydrogens is 356 g/mol. The fraction of sp³-hybridized carbons (Fsp3) is 0.650. The Balaban J connectivity index is 1.11. The first-order chi connectivity index (χ1) is 13.8. The molecule has 2 atom stereocenters. The first-order valence-electron chi connectivity index (χ1n) is 10.4. The van der Waals surface area contributed by atoms with E-state index >= 15 is 0 Å². The van der Waals surface area contributed by atoms with E-state index in [4.69, 9.17) is 4.74 Å². The zero-order chi connectivity index (χ0) is 19.2. The van der Waals surface area contributed by atoms with Crippen molar-refractivity contribution in [1.82, 2.24) is 24.8 Å². The van der Waals surface area contributed by atoms with Gasteiger partial charge in [0.05, 0.1) is 18.9 Å². The van der Waals surface area contributed by atoms with Crippen LogP contribution in [0.2, 0.25) is 0 Å². The van der Waals surface area contributed by atoms with Crippen molar-refractivity contribution in [2.45, 2.75) is 38.2 Å². The van der Waals surface area contributed by atoms with Crippen LogP contribution in [0.4, 0.5) is 5.82 Å². The minimum absolute atomic E-state index is 0.153. The number of aromatic nitrogens is 3. The second-order valence-electron chi connectivity index (χ2n) is 7.84. The molecule has 0 radical (unpaired) electrons. The SMILES string of the molecule is O=C(CCCN1CCCC1)NCC1COC(CNc2ccn3nccc3n2)C1. The number of ether oxygens (including phenoxy) is 1. The van der Waals surface area contributed by atoms with Gasteiger partial charge in [0.25, 0.3) is 0 Å². The molecule has 1 amide bonds. The van der Waals surface area contributed by atoms with Gasteiger partial charge in [-0.2, -0.15) is 5.10 Å². The van der Waals surface area contributed by atoms with Gasteiger partial charge in [0.1, 0.15) is 5.82 Å². The molecule has 2 aromatic heterocycles. The number of hydrogen-bond donors (Lipinski definition) is 2. The summed E-state index contributed by atoms with van der Waals surface area (Å²) in [5, 5.41) is 10.6. The Bertz CT molecular complexity index is 773. The Labute approximate surface area is 165 Å². The quantitative estimate of drug-likeness (QED) is 0.680. The smallest absolute Gasteiger partial charge is 0.220 e. The van der Waals surface area contributed by atoms with Gasteiger partial charge in [0.15, 0.2) is 5.65 Å². The minimum atomic E-state index is 0.153. The average molecular weight is 387 g/mol. The van der Waals surface area contributed by atoms with E-state index in [1.54, 1.807) is 10.7 Å². The molecule has 4 heterocycles. The second kappa shape index (κ2) is 9.34. The molecule has 2 unspecified atom stereocenters. The van der Waals surface area contributed by atoms with Crippen LogP contribution in [0.15, 0.2) is 24.5 Å². The molecule has 8 nitrogen and oxygen atoms in total. The molecule has 2 aromatic rings. The van der Waals surface area contributed by atoms with E-state index in [-0.39, 0.29) is 12.0 Å². The van der Waals surface area contributed by atoms with Crippen molar-refractivity contribution in [3.8, 4) is 0 Å². The molecule has 28 heavy (non-hydrogen) atoms. The largest absolute Gasteiger partial charge is 0.376 e. The maximum atomic E-state index is 12.1. The highest BCUT2D eigenvalue weighted by atomic mass is 16.5. The third-order valence-electron chi connectivity index (χ3n) is 5.60. The van der Waals surface area contributed by atoms with Crippen LogP contribution in [0.3, 0.4) is 0 Å². The maximum Gasteiger partial charge on any atom is 0.220 e. The summed E-state index contributed by atoms with van der Waals surface area (Å²) in [6.45, 7) is 5.57. The fourth-order valence-electron chi connectivity index (χ4n) is 4.01. The molecule has 2 aliphatic rings. The van der Waals surface area contributed by atoms with Crippen LogP contribution in [0.5, 0.6) is 0 Å². The number of fused-ring (bicyclic) bond motifs is 1. The van der Waals surface area contributed by atoms with E-state index in [0.717, 1.165) is 37.4 Å². The Morgan fingerprint density at radius 3 is 3.04 bits per heavy atom. The number of nitrogens with zero attached hydrogens (tertiary/aromatic N) is 4. The second-order valence-corrected chi connectivity index (χ2v) is 7.84. The summed E-state index contributed by atoms with van der Waals surface area (Å²) in [6, 6.07) is 3.79. The van der Waals surface area contributed by atoms with Crippen molar-refractivity contribution in [3.63, 3.8) is 0 Å². The standard InChI is InChI=1S/C20H30N6O2/c27-20(4-3-10-25-8-1-2-9-25)22-13-16-12-17(28-15-16)14-21-18-6-11-26-19(24-18)5-7-23-26/h5-7,11,16-17H,1-4,8-10,12-15H2,(H,21,24)(H,22,27). The normalized spacial score (nSPS) is 22.7. The van der Waals surface area contributed by atoms with Crippen LogP contribution < -0.4 is 10.6 Å². The predicted molar refractivity (Wildman–Crippen MR) is 107 cm³/mol. The highest BCUT2D eigenvalue weighted by Gasteiger charge is 2.25. The molecule has 152 valence electrons. The van der Waals surface area contributed by atoms with Gasteiger partial charge in [-0.15, -0.1) is 0 Å². The molecule has 2 fully saturated rings. The van der Waals surface area contributed by atoms with Crippen LogP contribution in [0.25, 0.3) is 5.65 Å². The number of carbonyl (C=O) groups excluding carboxylic acids is 1. The first-order valence-corrected chi connectivity index (χ1v) is 10.4. The lowest BCUT2D eigenvalue weighted by Crippen LogP contribution is -2.30. The van der Waals surface area contributed by atoms with Crippen molar-refractivity contribution < 1.29 is 9.53 Å². The highest BCUT2D eigenvalue weighted by molar-refractivity contribution is 5.75. The van der Waals surface area contributed by atoms with Gasteiger partial charge in [0.2, 0.25) is 5.91 Å². The molecule has 0 spiro atoms. The number of nitrogens with one attached hydrogen (secondary N) is 2. The topological polar surface area (TPSA) is 83.8 Å². The van der Waals surface area contributed by atoms with E-state index in [9.17, 15) is 4.79 Å². The van der Waals surface area contributed by atoms with Gasteiger partial charge < -0.3 is 20.3 Å². The Hall–Kier alpha value is -2.19. The molecule has 8 heteroatoms. The molecule has 0 aliphatic carbocycles. The fourth-order valence-corrected chi connectivity index (χ4v) is 4.01. The van der Waals surface area contributed by atoms with Gasteiger partial charge >= 0.3 is 0 Å². The van der Waals surface area contributed by atoms with Crippen molar-refractivity contribution in [2.24, 2.45) is 5.92 Å². The van der Waals surface area contributed by atoms with Crippen molar-refractivity contribution in [3.05, 3.63) is 24.5 Å². The van der Waals surface area contributed by atoms with Gasteiger partial charge in [-0.1, -0.05) is 0 Å². The Morgan fingerprint density at radius 2 is 2.14 bits per heavy atom. The van der Waals surface area contributed by atoms with Gasteiger partial charge in [0, 0.05) is 37.7 Å². The van der Waals surface area contributed by atoms with Crippen molar-refractivity contribution >= 4 is 17.4 Å². The average Bonchev–Trinajstić information content (AvgIpc) is 3.45. The van der Waals surface area contributed by atoms with E-state index in [1.807, 2.05) is 18.3 Å². The molecule has 0 bridgehead atoms. The van der Waals surface area contributed by atoms with Crippen molar-refractivity contribution in [2.75, 3.05) is 44.6 Å². The van der Waals surface area contributed by atoms with Crippen LogP contribution in [0.1, 0.15) is 32.1 Å². The number of carbonyl (C=O) groups is 1. The van der Waals surface area contributed by atoms with Gasteiger partial charge in [-0.25, -0.2) is 9.50 Å². The van der Waals surface area contributed by atoms with E-state index in [1.165, 1.54) is 25.9 Å². The van der Waals surface area contributed by atoms with E-state index in [2.05, 4.69) is 25.6 Å². The summed E-state index contributed by atoms with van der Waals surface area (Å²) in [5.74, 6) is 1.38. The lowest BCUT2D eigenvalue weighted by Gasteiger charge is -2.14. The number of likely N-dealkylation sites (tertiary alicyclic amines) is 1. The van der Waals surface area contributed by atoms with Crippen LogP contribution in [-0.4, -0.2) is 70.8 Å². The third-order valence-corrected chi connectivity index (χ3v) is 5.60. The summed E-state index contributed by atoms with van der Waals surface area (Å²) < 4.78 is 7.61. The summed E-state index contributed by atoms with van der Waals surface area (Å²) in [4.78, 5) is 19.0. The molecule has 2 saturated heterocycles. The zero-order valence-corrected chi connectivity index (χ0v) is 16.3. The lowest BCUT2D eigenvalue weighted by molar-refractivity contribution is -0.121. The molecular formula is C20H30N6O2. The summed E-state index contributed by atoms with van der Waals surface area (Å²) >= 11 is 0. The van der Waals surface area contributed by atoms with E-state index < -0.39 is 0 Å². The number of rotatable bonds is 9. The summed E-state index contributed by atoms with van der Waals surface area (Å²) in [6.07, 6.45) is 8.91. The monoisotopic (exact) mass is 386 g/mol. The van der Waals surface area contributed by atoms with Gasteiger partial charge in [-0.3, -0.25) is 4.79 Å². The lowest BCUT2D eigenvalue weighted by atomic mass is 10.1. The number of amides is 1. The zero-order valence-electron chi connectivity index (χ0n) is 16.3. The molecule has 0 saturated carbocycles. The van der Waals surface area contributed by atoms with Gasteiger partial charge in [-0.05, 0) is 51.4 Å². The number of hydrogen-bond acceptors (Lipinski definition) is 6. The molecule has 2 N–H and O–H groups in total. The van der Waals surface area contributed by atoms with Crippen LogP contribution in [0, 0.1) is 5.92 Å². The molecule has 0 aromatic carbocycles. The van der Waals surface area contributed by atoms with Crippen molar-refractivity contribution in [1.29, 1.82) is 0 Å². The third kappa shape index (κ3) is 5.20. The Kier molecular flexibility index (Phi) is 6.38. The number of anilines is 1. The summed E-state index contributed by atoms with van der Waals surface area (Å²) in [5.41, 5.74) is 0.822. The minimum Gasteiger partial charge on any atom is -0.376 e. The Morgan fingerprint density at radius 1 is 1.25 bits per heavy atom. The molecule has 4 rings (SSSR count).